The molecule has 172 valence electrons. The van der Waals surface area contributed by atoms with Crippen LogP contribution in [0.2, 0.25) is 0 Å². The van der Waals surface area contributed by atoms with Gasteiger partial charge in [0.05, 0.1) is 35.5 Å². The van der Waals surface area contributed by atoms with E-state index in [0.717, 1.165) is 17.0 Å². The summed E-state index contributed by atoms with van der Waals surface area (Å²) in [6.07, 6.45) is 1.56. The second kappa shape index (κ2) is 10.8. The average Bonchev–Trinajstić information content (AvgIpc) is 3.39. The molecule has 0 unspecified atom stereocenters. The first-order chi connectivity index (χ1) is 16.5. The van der Waals surface area contributed by atoms with Crippen molar-refractivity contribution in [2.24, 2.45) is 0 Å². The Balaban J connectivity index is 1.43. The summed E-state index contributed by atoms with van der Waals surface area (Å²) in [5.41, 5.74) is 3.58. The fourth-order valence-corrected chi connectivity index (χ4v) is 4.17. The lowest BCUT2D eigenvalue weighted by atomic mass is 10.1. The van der Waals surface area contributed by atoms with Crippen molar-refractivity contribution in [3.8, 4) is 11.3 Å². The molecule has 2 amide bonds. The Morgan fingerprint density at radius 2 is 1.76 bits per heavy atom. The van der Waals surface area contributed by atoms with Gasteiger partial charge in [-0.05, 0) is 37.3 Å². The molecule has 34 heavy (non-hydrogen) atoms. The van der Waals surface area contributed by atoms with Crippen molar-refractivity contribution in [3.63, 3.8) is 0 Å². The minimum absolute atomic E-state index is 0.135. The third kappa shape index (κ3) is 5.71. The van der Waals surface area contributed by atoms with Gasteiger partial charge in [-0.2, -0.15) is 0 Å². The first-order valence-corrected chi connectivity index (χ1v) is 11.7. The number of aromatic nitrogens is 2. The Bertz CT molecular complexity index is 1280. The van der Waals surface area contributed by atoms with E-state index in [1.807, 2.05) is 43.3 Å². The molecule has 4 aromatic rings. The van der Waals surface area contributed by atoms with Crippen LogP contribution in [0.4, 0.5) is 5.69 Å². The van der Waals surface area contributed by atoms with Crippen LogP contribution >= 0.6 is 11.8 Å². The number of hydrogen-bond donors (Lipinski definition) is 1. The van der Waals surface area contributed by atoms with Gasteiger partial charge in [-0.3, -0.25) is 9.59 Å². The first-order valence-electron chi connectivity index (χ1n) is 10.7. The number of aryl methyl sites for hydroxylation is 1. The number of thioether (sulfide) groups is 1. The molecule has 0 radical (unpaired) electrons. The zero-order valence-electron chi connectivity index (χ0n) is 18.9. The van der Waals surface area contributed by atoms with Crippen LogP contribution in [0, 0.1) is 6.92 Å². The lowest BCUT2D eigenvalue weighted by molar-refractivity contribution is -0.115. The van der Waals surface area contributed by atoms with Crippen molar-refractivity contribution in [2.75, 3.05) is 17.7 Å². The smallest absolute Gasteiger partial charge is 0.253 e. The number of furan rings is 1. The predicted octanol–water partition coefficient (Wildman–Crippen LogP) is 4.73. The van der Waals surface area contributed by atoms with Crippen molar-refractivity contribution in [3.05, 3.63) is 96.1 Å². The van der Waals surface area contributed by atoms with Crippen LogP contribution in [0.25, 0.3) is 11.3 Å². The zero-order chi connectivity index (χ0) is 23.9. The summed E-state index contributed by atoms with van der Waals surface area (Å²) in [5.74, 6) is 0.340. The minimum Gasteiger partial charge on any atom is -0.467 e. The number of hydrogen-bond acceptors (Lipinski definition) is 6. The van der Waals surface area contributed by atoms with Gasteiger partial charge >= 0.3 is 0 Å². The molecular formula is C26H24N4O3S. The van der Waals surface area contributed by atoms with Crippen LogP contribution < -0.4 is 10.2 Å². The van der Waals surface area contributed by atoms with Gasteiger partial charge in [0.1, 0.15) is 5.76 Å². The van der Waals surface area contributed by atoms with Crippen LogP contribution in [0.15, 0.2) is 88.6 Å². The van der Waals surface area contributed by atoms with Gasteiger partial charge in [0.15, 0.2) is 5.16 Å². The summed E-state index contributed by atoms with van der Waals surface area (Å²) in [4.78, 5) is 36.3. The van der Waals surface area contributed by atoms with E-state index in [-0.39, 0.29) is 24.1 Å². The van der Waals surface area contributed by atoms with Gasteiger partial charge in [0, 0.05) is 18.3 Å². The maximum atomic E-state index is 13.0. The molecule has 8 heteroatoms. The number of amides is 2. The molecule has 2 heterocycles. The second-order valence-electron chi connectivity index (χ2n) is 7.56. The Kier molecular flexibility index (Phi) is 7.39. The molecule has 0 fully saturated rings. The minimum atomic E-state index is -0.283. The normalized spacial score (nSPS) is 10.6. The van der Waals surface area contributed by atoms with Crippen molar-refractivity contribution in [2.45, 2.75) is 18.6 Å². The number of carbonyl (C=O) groups excluding carboxylic acids is 2. The average molecular weight is 473 g/mol. The van der Waals surface area contributed by atoms with Gasteiger partial charge in [-0.25, -0.2) is 9.97 Å². The number of nitrogens with one attached hydrogen (secondary N) is 1. The standard InChI is InChI=1S/C26H24N4O3S/c1-18-15-22(19-9-4-3-5-10-19)29-26(28-18)34-17-24(31)30(2)23-13-7-6-12-21(23)25(32)27-16-20-11-8-14-33-20/h3-15H,16-17H2,1-2H3,(H,27,32). The zero-order valence-corrected chi connectivity index (χ0v) is 19.7. The highest BCUT2D eigenvalue weighted by Crippen LogP contribution is 2.24. The maximum Gasteiger partial charge on any atom is 0.253 e. The van der Waals surface area contributed by atoms with Crippen molar-refractivity contribution >= 4 is 29.3 Å². The number of nitrogens with zero attached hydrogens (tertiary/aromatic N) is 3. The Morgan fingerprint density at radius 1 is 1.00 bits per heavy atom. The summed E-state index contributed by atoms with van der Waals surface area (Å²) >= 11 is 1.27. The molecule has 0 spiro atoms. The number of carbonyl (C=O) groups is 2. The third-order valence-electron chi connectivity index (χ3n) is 5.12. The SMILES string of the molecule is Cc1cc(-c2ccccc2)nc(SCC(=O)N(C)c2ccccc2C(=O)NCc2ccco2)n1. The van der Waals surface area contributed by atoms with Crippen LogP contribution in [0.3, 0.4) is 0 Å². The van der Waals surface area contributed by atoms with E-state index < -0.39 is 0 Å². The highest BCUT2D eigenvalue weighted by atomic mass is 32.2. The van der Waals surface area contributed by atoms with Gasteiger partial charge in [-0.15, -0.1) is 0 Å². The van der Waals surface area contributed by atoms with E-state index in [1.165, 1.54) is 16.7 Å². The van der Waals surface area contributed by atoms with Crippen molar-refractivity contribution in [1.29, 1.82) is 0 Å². The third-order valence-corrected chi connectivity index (χ3v) is 5.95. The summed E-state index contributed by atoms with van der Waals surface area (Å²) in [6.45, 7) is 2.17. The molecule has 0 saturated heterocycles. The molecule has 0 saturated carbocycles. The summed E-state index contributed by atoms with van der Waals surface area (Å²) < 4.78 is 5.26. The molecule has 2 aromatic carbocycles. The number of benzene rings is 2. The second-order valence-corrected chi connectivity index (χ2v) is 8.51. The molecule has 7 nitrogen and oxygen atoms in total. The highest BCUT2D eigenvalue weighted by Gasteiger charge is 2.19. The fraction of sp³-hybridized carbons (Fsp3) is 0.154. The molecule has 0 atom stereocenters. The molecule has 4 rings (SSSR count). The molecule has 0 aliphatic rings. The predicted molar refractivity (Wildman–Crippen MR) is 133 cm³/mol. The lowest BCUT2D eigenvalue weighted by Crippen LogP contribution is -2.31. The fourth-order valence-electron chi connectivity index (χ4n) is 3.35. The largest absolute Gasteiger partial charge is 0.467 e. The van der Waals surface area contributed by atoms with Crippen molar-refractivity contribution in [1.82, 2.24) is 15.3 Å². The number of anilines is 1. The summed E-state index contributed by atoms with van der Waals surface area (Å²) in [7, 11) is 1.66. The Hall–Kier alpha value is -3.91. The van der Waals surface area contributed by atoms with Gasteiger partial charge in [-0.1, -0.05) is 54.2 Å². The van der Waals surface area contributed by atoms with Gasteiger partial charge < -0.3 is 14.6 Å². The molecule has 0 aliphatic carbocycles. The Morgan fingerprint density at radius 3 is 2.53 bits per heavy atom. The molecule has 1 N–H and O–H groups in total. The maximum absolute atomic E-state index is 13.0. The first kappa shape index (κ1) is 23.3. The molecule has 2 aromatic heterocycles. The van der Waals surface area contributed by atoms with Crippen LogP contribution in [0.1, 0.15) is 21.8 Å². The van der Waals surface area contributed by atoms with E-state index in [4.69, 9.17) is 4.42 Å². The van der Waals surface area contributed by atoms with E-state index in [9.17, 15) is 9.59 Å². The van der Waals surface area contributed by atoms with Gasteiger partial charge in [0.25, 0.3) is 5.91 Å². The lowest BCUT2D eigenvalue weighted by Gasteiger charge is -2.20. The van der Waals surface area contributed by atoms with E-state index in [0.29, 0.717) is 22.2 Å². The highest BCUT2D eigenvalue weighted by molar-refractivity contribution is 7.99. The summed E-state index contributed by atoms with van der Waals surface area (Å²) in [5, 5.41) is 3.36. The van der Waals surface area contributed by atoms with Gasteiger partial charge in [0.2, 0.25) is 5.91 Å². The summed E-state index contributed by atoms with van der Waals surface area (Å²) in [6, 6.07) is 22.3. The van der Waals surface area contributed by atoms with Crippen molar-refractivity contribution < 1.29 is 14.0 Å². The quantitative estimate of drug-likeness (QED) is 0.295. The number of para-hydroxylation sites is 1. The van der Waals surface area contributed by atoms with Crippen LogP contribution in [-0.2, 0) is 11.3 Å². The molecule has 0 aliphatic heterocycles. The van der Waals surface area contributed by atoms with E-state index in [1.54, 1.807) is 49.7 Å². The Labute approximate surface area is 202 Å². The number of rotatable bonds is 8. The topological polar surface area (TPSA) is 88.3 Å². The monoisotopic (exact) mass is 472 g/mol. The molecule has 0 bridgehead atoms. The van der Waals surface area contributed by atoms with E-state index >= 15 is 0 Å². The van der Waals surface area contributed by atoms with Crippen LogP contribution in [-0.4, -0.2) is 34.6 Å². The van der Waals surface area contributed by atoms with Crippen LogP contribution in [0.5, 0.6) is 0 Å². The molecular weight excluding hydrogens is 448 g/mol. The van der Waals surface area contributed by atoms with E-state index in [2.05, 4.69) is 15.3 Å².